The number of nitrogens with zero attached hydrogens (tertiary/aromatic N) is 3. The molecule has 0 radical (unpaired) electrons. The maximum atomic E-state index is 12.2. The van der Waals surface area contributed by atoms with Gasteiger partial charge in [-0.3, -0.25) is 0 Å². The van der Waals surface area contributed by atoms with Crippen molar-refractivity contribution in [1.29, 1.82) is 0 Å². The van der Waals surface area contributed by atoms with Gasteiger partial charge in [0.25, 0.3) is 0 Å². The smallest absolute Gasteiger partial charge is 0.410 e. The fourth-order valence-electron chi connectivity index (χ4n) is 2.88. The highest BCUT2D eigenvalue weighted by Crippen LogP contribution is 2.30. The lowest BCUT2D eigenvalue weighted by molar-refractivity contribution is 0.0240. The summed E-state index contributed by atoms with van der Waals surface area (Å²) in [6.45, 7) is 8.92. The fourth-order valence-corrected chi connectivity index (χ4v) is 4.10. The molecule has 1 aliphatic heterocycles. The third-order valence-corrected chi connectivity index (χ3v) is 5.63. The van der Waals surface area contributed by atoms with E-state index < -0.39 is 5.60 Å². The highest BCUT2D eigenvalue weighted by atomic mass is 35.5. The molecule has 1 amide bonds. The van der Waals surface area contributed by atoms with Gasteiger partial charge in [0.15, 0.2) is 4.47 Å². The summed E-state index contributed by atoms with van der Waals surface area (Å²) in [4.78, 5) is 21.2. The zero-order valence-electron chi connectivity index (χ0n) is 16.2. The molecule has 1 fully saturated rings. The molecule has 6 nitrogen and oxygen atoms in total. The van der Waals surface area contributed by atoms with Gasteiger partial charge < -0.3 is 19.9 Å². The van der Waals surface area contributed by atoms with E-state index in [2.05, 4.69) is 15.2 Å². The number of hydrogen-bond donors (Lipinski definition) is 1. The maximum absolute atomic E-state index is 12.2. The molecule has 0 saturated carbocycles. The summed E-state index contributed by atoms with van der Waals surface area (Å²) in [5, 5.41) is 4.01. The van der Waals surface area contributed by atoms with Crippen LogP contribution in [0.3, 0.4) is 0 Å². The normalized spacial score (nSPS) is 14.9. The van der Waals surface area contributed by atoms with Crippen LogP contribution in [0, 0.1) is 0 Å². The first-order valence-electron chi connectivity index (χ1n) is 9.08. The zero-order chi connectivity index (χ0) is 20.3. The van der Waals surface area contributed by atoms with Gasteiger partial charge in [-0.05, 0) is 39.0 Å². The summed E-state index contributed by atoms with van der Waals surface area (Å²) in [7, 11) is 0. The Morgan fingerprint density at radius 2 is 1.96 bits per heavy atom. The average Bonchev–Trinajstić information content (AvgIpc) is 3.04. The Bertz CT molecular complexity index is 830. The van der Waals surface area contributed by atoms with Gasteiger partial charge in [-0.15, -0.1) is 11.3 Å². The maximum Gasteiger partial charge on any atom is 0.410 e. The zero-order valence-corrected chi connectivity index (χ0v) is 18.5. The number of nitrogens with one attached hydrogen (secondary N) is 1. The van der Waals surface area contributed by atoms with Gasteiger partial charge in [-0.25, -0.2) is 9.78 Å². The number of hydrogen-bond acceptors (Lipinski definition) is 6. The van der Waals surface area contributed by atoms with E-state index in [0.29, 0.717) is 42.2 Å². The molecular formula is C19H24Cl2N4O2S. The van der Waals surface area contributed by atoms with Crippen LogP contribution in [0.25, 0.3) is 0 Å². The van der Waals surface area contributed by atoms with Gasteiger partial charge >= 0.3 is 6.09 Å². The highest BCUT2D eigenvalue weighted by molar-refractivity contribution is 7.15. The van der Waals surface area contributed by atoms with Gasteiger partial charge in [0.05, 0.1) is 17.3 Å². The SMILES string of the molecule is CC(C)(C)OC(=O)N1CCN(c2ccc(NCc3cnc(Cl)s3)cc2Cl)CC1. The van der Waals surface area contributed by atoms with E-state index in [0.717, 1.165) is 16.3 Å². The summed E-state index contributed by atoms with van der Waals surface area (Å²) in [6.07, 6.45) is 1.50. The first-order chi connectivity index (χ1) is 13.2. The molecule has 1 N–H and O–H groups in total. The van der Waals surface area contributed by atoms with Crippen molar-refractivity contribution < 1.29 is 9.53 Å². The van der Waals surface area contributed by atoms with Crippen LogP contribution in [0.5, 0.6) is 0 Å². The number of benzene rings is 1. The molecule has 152 valence electrons. The monoisotopic (exact) mass is 442 g/mol. The van der Waals surface area contributed by atoms with Gasteiger partial charge in [-0.1, -0.05) is 23.2 Å². The van der Waals surface area contributed by atoms with Crippen LogP contribution in [0.15, 0.2) is 24.4 Å². The van der Waals surface area contributed by atoms with E-state index in [1.165, 1.54) is 11.3 Å². The van der Waals surface area contributed by atoms with E-state index >= 15 is 0 Å². The summed E-state index contributed by atoms with van der Waals surface area (Å²) >= 11 is 13.8. The Kier molecular flexibility index (Phi) is 6.58. The Morgan fingerprint density at radius 1 is 1.25 bits per heavy atom. The molecule has 1 aromatic carbocycles. The van der Waals surface area contributed by atoms with Crippen molar-refractivity contribution in [3.63, 3.8) is 0 Å². The Labute approximate surface area is 179 Å². The predicted octanol–water partition coefficient (Wildman–Crippen LogP) is 5.12. The lowest BCUT2D eigenvalue weighted by Crippen LogP contribution is -2.50. The third kappa shape index (κ3) is 5.65. The molecule has 2 heterocycles. The van der Waals surface area contributed by atoms with Crippen LogP contribution in [0.2, 0.25) is 9.49 Å². The number of rotatable bonds is 4. The minimum atomic E-state index is -0.481. The topological polar surface area (TPSA) is 57.7 Å². The standard InChI is InChI=1S/C19H24Cl2N4O2S/c1-19(2,3)27-18(26)25-8-6-24(7-9-25)16-5-4-13(10-15(16)20)22-11-14-12-23-17(21)28-14/h4-5,10,12,22H,6-9,11H2,1-3H3. The van der Waals surface area contributed by atoms with Gasteiger partial charge in [0, 0.05) is 42.9 Å². The van der Waals surface area contributed by atoms with E-state index in [1.807, 2.05) is 39.0 Å². The molecule has 3 rings (SSSR count). The first-order valence-corrected chi connectivity index (χ1v) is 10.6. The third-order valence-electron chi connectivity index (χ3n) is 4.21. The molecule has 1 saturated heterocycles. The minimum absolute atomic E-state index is 0.263. The number of amides is 1. The number of thiazole rings is 1. The van der Waals surface area contributed by atoms with Crippen molar-refractivity contribution in [3.05, 3.63) is 38.8 Å². The second-order valence-corrected chi connectivity index (χ2v) is 9.66. The second kappa shape index (κ2) is 8.76. The molecule has 0 spiro atoms. The van der Waals surface area contributed by atoms with E-state index in [9.17, 15) is 4.79 Å². The summed E-state index contributed by atoms with van der Waals surface area (Å²) < 4.78 is 5.98. The molecular weight excluding hydrogens is 419 g/mol. The molecule has 1 aliphatic rings. The average molecular weight is 443 g/mol. The summed E-state index contributed by atoms with van der Waals surface area (Å²) in [6, 6.07) is 5.93. The molecule has 9 heteroatoms. The van der Waals surface area contributed by atoms with Gasteiger partial charge in [0.2, 0.25) is 0 Å². The minimum Gasteiger partial charge on any atom is -0.444 e. The van der Waals surface area contributed by atoms with E-state index in [-0.39, 0.29) is 6.09 Å². The summed E-state index contributed by atoms with van der Waals surface area (Å²) in [5.74, 6) is 0. The lowest BCUT2D eigenvalue weighted by atomic mass is 10.2. The van der Waals surface area contributed by atoms with Crippen molar-refractivity contribution in [2.75, 3.05) is 36.4 Å². The Balaban J connectivity index is 1.55. The molecule has 1 aromatic heterocycles. The predicted molar refractivity (Wildman–Crippen MR) is 116 cm³/mol. The number of aromatic nitrogens is 1. The molecule has 2 aromatic rings. The van der Waals surface area contributed by atoms with Crippen molar-refractivity contribution in [3.8, 4) is 0 Å². The molecule has 0 unspecified atom stereocenters. The van der Waals surface area contributed by atoms with Crippen molar-refractivity contribution in [2.24, 2.45) is 0 Å². The molecule has 0 atom stereocenters. The number of anilines is 2. The number of carbonyl (C=O) groups is 1. The van der Waals surface area contributed by atoms with Crippen LogP contribution in [0.4, 0.5) is 16.2 Å². The summed E-state index contributed by atoms with van der Waals surface area (Å²) in [5.41, 5.74) is 1.42. The fraction of sp³-hybridized carbons (Fsp3) is 0.474. The number of halogens is 2. The largest absolute Gasteiger partial charge is 0.444 e. The highest BCUT2D eigenvalue weighted by Gasteiger charge is 2.26. The van der Waals surface area contributed by atoms with E-state index in [1.54, 1.807) is 11.1 Å². The number of ether oxygens (including phenoxy) is 1. The van der Waals surface area contributed by atoms with Gasteiger partial charge in [0.1, 0.15) is 5.60 Å². The number of piperazine rings is 1. The Hall–Kier alpha value is -1.70. The van der Waals surface area contributed by atoms with Crippen LogP contribution < -0.4 is 10.2 Å². The van der Waals surface area contributed by atoms with Crippen LogP contribution in [-0.4, -0.2) is 47.8 Å². The lowest BCUT2D eigenvalue weighted by Gasteiger charge is -2.37. The van der Waals surface area contributed by atoms with Crippen molar-refractivity contribution in [2.45, 2.75) is 32.9 Å². The second-order valence-electron chi connectivity index (χ2n) is 7.55. The molecule has 0 aliphatic carbocycles. The number of carbonyl (C=O) groups excluding carboxylic acids is 1. The van der Waals surface area contributed by atoms with E-state index in [4.69, 9.17) is 27.9 Å². The Morgan fingerprint density at radius 3 is 2.54 bits per heavy atom. The van der Waals surface area contributed by atoms with Crippen molar-refractivity contribution in [1.82, 2.24) is 9.88 Å². The first kappa shape index (κ1) is 21.0. The van der Waals surface area contributed by atoms with Crippen LogP contribution in [0.1, 0.15) is 25.6 Å². The van der Waals surface area contributed by atoms with Crippen LogP contribution in [-0.2, 0) is 11.3 Å². The van der Waals surface area contributed by atoms with Crippen LogP contribution >= 0.6 is 34.5 Å². The van der Waals surface area contributed by atoms with Gasteiger partial charge in [-0.2, -0.15) is 0 Å². The van der Waals surface area contributed by atoms with Crippen molar-refractivity contribution >= 4 is 52.0 Å². The molecule has 28 heavy (non-hydrogen) atoms. The quantitative estimate of drug-likeness (QED) is 0.711. The molecule has 0 bridgehead atoms.